The number of unbranched alkanes of at least 4 members (excludes halogenated alkanes) is 7. The van der Waals surface area contributed by atoms with Crippen LogP contribution in [0.25, 0.3) is 0 Å². The standard InChI is InChI=1S/C21H41NO/c1-4-6-8-10-12-14-20(13-11-9-7-5-2)21(23)22-17-15-19(3)16-18-22/h19-20H,4-18H2,1-3H3. The van der Waals surface area contributed by atoms with Gasteiger partial charge in [-0.05, 0) is 31.6 Å². The average molecular weight is 324 g/mol. The molecule has 136 valence electrons. The Bertz CT molecular complexity index is 294. The molecule has 1 heterocycles. The highest BCUT2D eigenvalue weighted by molar-refractivity contribution is 5.78. The molecule has 1 atom stereocenters. The predicted molar refractivity (Wildman–Crippen MR) is 101 cm³/mol. The average Bonchev–Trinajstić information content (AvgIpc) is 2.56. The fourth-order valence-corrected chi connectivity index (χ4v) is 3.69. The van der Waals surface area contributed by atoms with Gasteiger partial charge >= 0.3 is 0 Å². The Kier molecular flexibility index (Phi) is 11.5. The molecule has 0 saturated carbocycles. The quantitative estimate of drug-likeness (QED) is 0.392. The van der Waals surface area contributed by atoms with E-state index in [9.17, 15) is 4.79 Å². The maximum Gasteiger partial charge on any atom is 0.225 e. The van der Waals surface area contributed by atoms with Crippen LogP contribution in [0.3, 0.4) is 0 Å². The van der Waals surface area contributed by atoms with Crippen LogP contribution in [0.1, 0.15) is 104 Å². The van der Waals surface area contributed by atoms with Crippen LogP contribution in [0, 0.1) is 11.8 Å². The van der Waals surface area contributed by atoms with Gasteiger partial charge in [0, 0.05) is 19.0 Å². The number of nitrogens with zero attached hydrogens (tertiary/aromatic N) is 1. The molecule has 0 N–H and O–H groups in total. The molecule has 1 saturated heterocycles. The van der Waals surface area contributed by atoms with Crippen molar-refractivity contribution in [3.05, 3.63) is 0 Å². The van der Waals surface area contributed by atoms with Gasteiger partial charge < -0.3 is 4.90 Å². The second kappa shape index (κ2) is 12.8. The topological polar surface area (TPSA) is 20.3 Å². The van der Waals surface area contributed by atoms with Gasteiger partial charge in [-0.25, -0.2) is 0 Å². The summed E-state index contributed by atoms with van der Waals surface area (Å²) in [6.45, 7) is 8.84. The van der Waals surface area contributed by atoms with E-state index in [1.54, 1.807) is 0 Å². The van der Waals surface area contributed by atoms with E-state index in [0.29, 0.717) is 11.8 Å². The van der Waals surface area contributed by atoms with E-state index in [1.807, 2.05) is 0 Å². The molecule has 0 radical (unpaired) electrons. The molecule has 2 heteroatoms. The monoisotopic (exact) mass is 323 g/mol. The lowest BCUT2D eigenvalue weighted by Crippen LogP contribution is -2.41. The number of hydrogen-bond donors (Lipinski definition) is 0. The van der Waals surface area contributed by atoms with Crippen LogP contribution in [0.15, 0.2) is 0 Å². The van der Waals surface area contributed by atoms with Gasteiger partial charge in [-0.15, -0.1) is 0 Å². The van der Waals surface area contributed by atoms with E-state index in [1.165, 1.54) is 70.6 Å². The molecule has 1 fully saturated rings. The Labute approximate surface area is 145 Å². The van der Waals surface area contributed by atoms with Gasteiger partial charge in [0.25, 0.3) is 0 Å². The second-order valence-electron chi connectivity index (χ2n) is 7.76. The van der Waals surface area contributed by atoms with Crippen LogP contribution in [-0.2, 0) is 4.79 Å². The lowest BCUT2D eigenvalue weighted by molar-refractivity contribution is -0.137. The third-order valence-electron chi connectivity index (χ3n) is 5.51. The van der Waals surface area contributed by atoms with Crippen LogP contribution in [0.4, 0.5) is 0 Å². The first-order valence-corrected chi connectivity index (χ1v) is 10.5. The lowest BCUT2D eigenvalue weighted by atomic mass is 9.91. The zero-order chi connectivity index (χ0) is 16.9. The predicted octanol–water partition coefficient (Wildman–Crippen LogP) is 6.19. The minimum atomic E-state index is 0.307. The molecule has 1 rings (SSSR count). The van der Waals surface area contributed by atoms with Gasteiger partial charge in [-0.1, -0.05) is 78.6 Å². The number of carbonyl (C=O) groups is 1. The zero-order valence-corrected chi connectivity index (χ0v) is 16.1. The van der Waals surface area contributed by atoms with Crippen molar-refractivity contribution in [3.8, 4) is 0 Å². The Hall–Kier alpha value is -0.530. The van der Waals surface area contributed by atoms with Gasteiger partial charge in [0.15, 0.2) is 0 Å². The Morgan fingerprint density at radius 2 is 1.35 bits per heavy atom. The number of carbonyl (C=O) groups excluding carboxylic acids is 1. The van der Waals surface area contributed by atoms with Crippen molar-refractivity contribution in [2.45, 2.75) is 104 Å². The lowest BCUT2D eigenvalue weighted by Gasteiger charge is -2.33. The molecule has 1 amide bonds. The van der Waals surface area contributed by atoms with Crippen molar-refractivity contribution < 1.29 is 4.79 Å². The van der Waals surface area contributed by atoms with E-state index in [0.717, 1.165) is 31.8 Å². The van der Waals surface area contributed by atoms with Crippen LogP contribution >= 0.6 is 0 Å². The highest BCUT2D eigenvalue weighted by atomic mass is 16.2. The SMILES string of the molecule is CCCCCCCC(CCCCCC)C(=O)N1CCC(C)CC1. The Morgan fingerprint density at radius 3 is 1.87 bits per heavy atom. The number of amides is 1. The summed E-state index contributed by atoms with van der Waals surface area (Å²) in [6, 6.07) is 0. The second-order valence-corrected chi connectivity index (χ2v) is 7.76. The summed E-state index contributed by atoms with van der Waals surface area (Å²) in [5.41, 5.74) is 0. The minimum absolute atomic E-state index is 0.307. The van der Waals surface area contributed by atoms with E-state index in [-0.39, 0.29) is 0 Å². The highest BCUT2D eigenvalue weighted by Gasteiger charge is 2.26. The first-order valence-electron chi connectivity index (χ1n) is 10.5. The van der Waals surface area contributed by atoms with Crippen molar-refractivity contribution in [2.75, 3.05) is 13.1 Å². The molecule has 1 unspecified atom stereocenters. The first kappa shape index (κ1) is 20.5. The molecule has 0 bridgehead atoms. The fraction of sp³-hybridized carbons (Fsp3) is 0.952. The molecular weight excluding hydrogens is 282 g/mol. The summed E-state index contributed by atoms with van der Waals surface area (Å²) >= 11 is 0. The Morgan fingerprint density at radius 1 is 0.870 bits per heavy atom. The number of hydrogen-bond acceptors (Lipinski definition) is 1. The summed E-state index contributed by atoms with van der Waals surface area (Å²) in [5.74, 6) is 1.59. The van der Waals surface area contributed by atoms with Crippen molar-refractivity contribution >= 4 is 5.91 Å². The first-order chi connectivity index (χ1) is 11.2. The largest absolute Gasteiger partial charge is 0.342 e. The van der Waals surface area contributed by atoms with Crippen molar-refractivity contribution in [1.29, 1.82) is 0 Å². The van der Waals surface area contributed by atoms with E-state index >= 15 is 0 Å². The van der Waals surface area contributed by atoms with Gasteiger partial charge in [-0.3, -0.25) is 4.79 Å². The molecule has 0 aliphatic carbocycles. The number of piperidine rings is 1. The van der Waals surface area contributed by atoms with Gasteiger partial charge in [-0.2, -0.15) is 0 Å². The summed E-state index contributed by atoms with van der Waals surface area (Å²) in [5, 5.41) is 0. The maximum absolute atomic E-state index is 12.9. The highest BCUT2D eigenvalue weighted by Crippen LogP contribution is 2.24. The van der Waals surface area contributed by atoms with E-state index in [2.05, 4.69) is 25.7 Å². The molecule has 0 aromatic rings. The van der Waals surface area contributed by atoms with Gasteiger partial charge in [0.2, 0.25) is 5.91 Å². The van der Waals surface area contributed by atoms with Crippen molar-refractivity contribution in [2.24, 2.45) is 11.8 Å². The number of likely N-dealkylation sites (tertiary alicyclic amines) is 1. The summed E-state index contributed by atoms with van der Waals surface area (Å²) in [7, 11) is 0. The molecule has 0 spiro atoms. The molecule has 23 heavy (non-hydrogen) atoms. The van der Waals surface area contributed by atoms with Crippen LogP contribution in [0.2, 0.25) is 0 Å². The van der Waals surface area contributed by atoms with Gasteiger partial charge in [0.1, 0.15) is 0 Å². The smallest absolute Gasteiger partial charge is 0.225 e. The van der Waals surface area contributed by atoms with Crippen molar-refractivity contribution in [3.63, 3.8) is 0 Å². The maximum atomic E-state index is 12.9. The van der Waals surface area contributed by atoms with Crippen LogP contribution < -0.4 is 0 Å². The van der Waals surface area contributed by atoms with Crippen molar-refractivity contribution in [1.82, 2.24) is 4.90 Å². The number of rotatable bonds is 12. The molecule has 2 nitrogen and oxygen atoms in total. The normalized spacial score (nSPS) is 17.4. The zero-order valence-electron chi connectivity index (χ0n) is 16.1. The molecule has 1 aliphatic rings. The Balaban J connectivity index is 2.39. The third-order valence-corrected chi connectivity index (χ3v) is 5.51. The summed E-state index contributed by atoms with van der Waals surface area (Å²) < 4.78 is 0. The third kappa shape index (κ3) is 8.77. The fourth-order valence-electron chi connectivity index (χ4n) is 3.69. The molecule has 0 aromatic heterocycles. The van der Waals surface area contributed by atoms with Gasteiger partial charge in [0.05, 0.1) is 0 Å². The molecule has 0 aromatic carbocycles. The van der Waals surface area contributed by atoms with Crippen LogP contribution in [0.5, 0.6) is 0 Å². The van der Waals surface area contributed by atoms with Crippen LogP contribution in [-0.4, -0.2) is 23.9 Å². The van der Waals surface area contributed by atoms with E-state index in [4.69, 9.17) is 0 Å². The van der Waals surface area contributed by atoms with E-state index < -0.39 is 0 Å². The summed E-state index contributed by atoms with van der Waals surface area (Å²) in [4.78, 5) is 15.1. The molecule has 1 aliphatic heterocycles. The summed E-state index contributed by atoms with van der Waals surface area (Å²) in [6.07, 6.45) is 16.3. The minimum Gasteiger partial charge on any atom is -0.342 e. The molecular formula is C21H41NO.